The normalized spacial score (nSPS) is 15.2. The van der Waals surface area contributed by atoms with Crippen molar-refractivity contribution in [3.63, 3.8) is 0 Å². The van der Waals surface area contributed by atoms with Crippen LogP contribution in [0.4, 0.5) is 5.69 Å². The molecular formula is C16H25N. The van der Waals surface area contributed by atoms with Gasteiger partial charge in [-0.25, -0.2) is 0 Å². The zero-order valence-corrected chi connectivity index (χ0v) is 11.6. The Hall–Kier alpha value is -0.980. The minimum Gasteiger partial charge on any atom is -0.383 e. The van der Waals surface area contributed by atoms with Gasteiger partial charge in [0.1, 0.15) is 0 Å². The molecule has 1 heteroatoms. The van der Waals surface area contributed by atoms with Crippen LogP contribution in [0, 0.1) is 0 Å². The summed E-state index contributed by atoms with van der Waals surface area (Å²) in [6.45, 7) is 9.00. The number of benzene rings is 1. The smallest absolute Gasteiger partial charge is 0.0380 e. The Labute approximate surface area is 106 Å². The molecule has 1 N–H and O–H groups in total. The van der Waals surface area contributed by atoms with Gasteiger partial charge in [0.25, 0.3) is 0 Å². The molecular weight excluding hydrogens is 206 g/mol. The molecule has 94 valence electrons. The second-order valence-corrected chi connectivity index (χ2v) is 5.87. The molecule has 2 rings (SSSR count). The first-order chi connectivity index (χ1) is 8.08. The lowest BCUT2D eigenvalue weighted by molar-refractivity contribution is 0.682. The summed E-state index contributed by atoms with van der Waals surface area (Å²) in [5.74, 6) is 0.620. The van der Waals surface area contributed by atoms with Gasteiger partial charge in [-0.1, -0.05) is 19.9 Å². The third kappa shape index (κ3) is 2.83. The quantitative estimate of drug-likeness (QED) is 0.807. The fourth-order valence-electron chi connectivity index (χ4n) is 2.67. The van der Waals surface area contributed by atoms with Crippen molar-refractivity contribution in [3.05, 3.63) is 28.8 Å². The van der Waals surface area contributed by atoms with Crippen LogP contribution in [-0.4, -0.2) is 6.04 Å². The van der Waals surface area contributed by atoms with Crippen molar-refractivity contribution < 1.29 is 0 Å². The summed E-state index contributed by atoms with van der Waals surface area (Å²) >= 11 is 0. The van der Waals surface area contributed by atoms with E-state index in [-0.39, 0.29) is 0 Å². The lowest BCUT2D eigenvalue weighted by Crippen LogP contribution is -2.15. The van der Waals surface area contributed by atoms with Gasteiger partial charge in [-0.05, 0) is 68.2 Å². The van der Waals surface area contributed by atoms with Crippen molar-refractivity contribution in [2.45, 2.75) is 65.3 Å². The standard InChI is InChI=1S/C16H25N/c1-11(2)14-9-13-7-5-6-8-15(13)16(10-14)17-12(3)4/h9-12,17H,5-8H2,1-4H3. The number of fused-ring (bicyclic) bond motifs is 1. The molecule has 0 aliphatic heterocycles. The molecule has 1 aliphatic carbocycles. The molecule has 0 bridgehead atoms. The summed E-state index contributed by atoms with van der Waals surface area (Å²) in [5.41, 5.74) is 6.04. The molecule has 0 aromatic heterocycles. The molecule has 0 radical (unpaired) electrons. The molecule has 1 aliphatic rings. The van der Waals surface area contributed by atoms with Crippen LogP contribution in [0.2, 0.25) is 0 Å². The number of hydrogen-bond donors (Lipinski definition) is 1. The van der Waals surface area contributed by atoms with Crippen LogP contribution < -0.4 is 5.32 Å². The number of hydrogen-bond acceptors (Lipinski definition) is 1. The Bertz CT molecular complexity index is 391. The summed E-state index contributed by atoms with van der Waals surface area (Å²) in [6, 6.07) is 5.32. The Balaban J connectivity index is 2.42. The van der Waals surface area contributed by atoms with Crippen LogP contribution in [0.1, 0.15) is 63.1 Å². The summed E-state index contributed by atoms with van der Waals surface area (Å²) in [6.07, 6.45) is 5.22. The van der Waals surface area contributed by atoms with Gasteiger partial charge in [-0.3, -0.25) is 0 Å². The highest BCUT2D eigenvalue weighted by Crippen LogP contribution is 2.32. The Morgan fingerprint density at radius 3 is 2.35 bits per heavy atom. The van der Waals surface area contributed by atoms with E-state index in [1.54, 1.807) is 11.1 Å². The highest BCUT2D eigenvalue weighted by atomic mass is 14.9. The van der Waals surface area contributed by atoms with Crippen molar-refractivity contribution in [1.82, 2.24) is 0 Å². The Morgan fingerprint density at radius 2 is 1.71 bits per heavy atom. The maximum absolute atomic E-state index is 3.63. The maximum Gasteiger partial charge on any atom is 0.0380 e. The topological polar surface area (TPSA) is 12.0 Å². The zero-order chi connectivity index (χ0) is 12.4. The molecule has 0 heterocycles. The third-order valence-electron chi connectivity index (χ3n) is 3.60. The molecule has 0 saturated heterocycles. The van der Waals surface area contributed by atoms with Gasteiger partial charge in [-0.2, -0.15) is 0 Å². The van der Waals surface area contributed by atoms with Crippen LogP contribution in [-0.2, 0) is 12.8 Å². The third-order valence-corrected chi connectivity index (χ3v) is 3.60. The van der Waals surface area contributed by atoms with Gasteiger partial charge in [-0.15, -0.1) is 0 Å². The van der Waals surface area contributed by atoms with Crippen molar-refractivity contribution >= 4 is 5.69 Å². The largest absolute Gasteiger partial charge is 0.383 e. The minimum atomic E-state index is 0.517. The highest BCUT2D eigenvalue weighted by molar-refractivity contribution is 5.58. The number of aryl methyl sites for hydroxylation is 1. The fourth-order valence-corrected chi connectivity index (χ4v) is 2.67. The van der Waals surface area contributed by atoms with E-state index in [1.807, 2.05) is 0 Å². The van der Waals surface area contributed by atoms with Gasteiger partial charge in [0.05, 0.1) is 0 Å². The summed E-state index contributed by atoms with van der Waals surface area (Å²) < 4.78 is 0. The molecule has 0 amide bonds. The van der Waals surface area contributed by atoms with Gasteiger partial charge < -0.3 is 5.32 Å². The van der Waals surface area contributed by atoms with E-state index in [2.05, 4.69) is 45.1 Å². The minimum absolute atomic E-state index is 0.517. The van der Waals surface area contributed by atoms with E-state index >= 15 is 0 Å². The molecule has 0 atom stereocenters. The average Bonchev–Trinajstić information content (AvgIpc) is 2.28. The molecule has 0 saturated carbocycles. The van der Waals surface area contributed by atoms with E-state index in [0.29, 0.717) is 12.0 Å². The maximum atomic E-state index is 3.63. The van der Waals surface area contributed by atoms with E-state index in [9.17, 15) is 0 Å². The van der Waals surface area contributed by atoms with E-state index in [4.69, 9.17) is 0 Å². The first-order valence-corrected chi connectivity index (χ1v) is 7.00. The van der Waals surface area contributed by atoms with Gasteiger partial charge in [0.2, 0.25) is 0 Å². The van der Waals surface area contributed by atoms with Crippen molar-refractivity contribution in [3.8, 4) is 0 Å². The van der Waals surface area contributed by atoms with Gasteiger partial charge in [0.15, 0.2) is 0 Å². The van der Waals surface area contributed by atoms with E-state index < -0.39 is 0 Å². The summed E-state index contributed by atoms with van der Waals surface area (Å²) in [4.78, 5) is 0. The summed E-state index contributed by atoms with van der Waals surface area (Å²) in [5, 5.41) is 3.63. The lowest BCUT2D eigenvalue weighted by Gasteiger charge is -2.24. The number of nitrogens with one attached hydrogen (secondary N) is 1. The Morgan fingerprint density at radius 1 is 1.00 bits per heavy atom. The van der Waals surface area contributed by atoms with Crippen molar-refractivity contribution in [2.75, 3.05) is 5.32 Å². The SMILES string of the molecule is CC(C)Nc1cc(C(C)C)cc2c1CCCC2. The van der Waals surface area contributed by atoms with Crippen LogP contribution in [0.5, 0.6) is 0 Å². The average molecular weight is 231 g/mol. The van der Waals surface area contributed by atoms with Crippen molar-refractivity contribution in [2.24, 2.45) is 0 Å². The lowest BCUT2D eigenvalue weighted by atomic mass is 9.86. The highest BCUT2D eigenvalue weighted by Gasteiger charge is 2.16. The van der Waals surface area contributed by atoms with E-state index in [1.165, 1.54) is 36.9 Å². The molecule has 1 aromatic rings. The first-order valence-electron chi connectivity index (χ1n) is 7.00. The van der Waals surface area contributed by atoms with Crippen LogP contribution in [0.25, 0.3) is 0 Å². The fraction of sp³-hybridized carbons (Fsp3) is 0.625. The zero-order valence-electron chi connectivity index (χ0n) is 11.6. The second-order valence-electron chi connectivity index (χ2n) is 5.87. The van der Waals surface area contributed by atoms with Crippen LogP contribution in [0.15, 0.2) is 12.1 Å². The van der Waals surface area contributed by atoms with Crippen LogP contribution >= 0.6 is 0 Å². The molecule has 0 unspecified atom stereocenters. The van der Waals surface area contributed by atoms with Gasteiger partial charge >= 0.3 is 0 Å². The van der Waals surface area contributed by atoms with Crippen LogP contribution in [0.3, 0.4) is 0 Å². The number of anilines is 1. The molecule has 1 nitrogen and oxygen atoms in total. The Kier molecular flexibility index (Phi) is 3.76. The molecule has 0 fully saturated rings. The van der Waals surface area contributed by atoms with E-state index in [0.717, 1.165) is 0 Å². The molecule has 1 aromatic carbocycles. The predicted molar refractivity (Wildman–Crippen MR) is 75.9 cm³/mol. The second kappa shape index (κ2) is 5.12. The van der Waals surface area contributed by atoms with Gasteiger partial charge in [0, 0.05) is 11.7 Å². The first kappa shape index (κ1) is 12.5. The molecule has 0 spiro atoms. The molecule has 17 heavy (non-hydrogen) atoms. The summed E-state index contributed by atoms with van der Waals surface area (Å²) in [7, 11) is 0. The monoisotopic (exact) mass is 231 g/mol. The predicted octanol–water partition coefficient (Wildman–Crippen LogP) is 4.51. The number of rotatable bonds is 3. The van der Waals surface area contributed by atoms with Crippen molar-refractivity contribution in [1.29, 1.82) is 0 Å².